The van der Waals surface area contributed by atoms with Crippen LogP contribution in [0.15, 0.2) is 34.1 Å². The van der Waals surface area contributed by atoms with E-state index in [9.17, 15) is 16.8 Å². The molecule has 0 fully saturated rings. The summed E-state index contributed by atoms with van der Waals surface area (Å²) in [6.07, 6.45) is 0. The minimum atomic E-state index is -4.66. The number of rotatable bonds is 2. The Balaban J connectivity index is -0.000000653. The third kappa shape index (κ3) is 4.11. The van der Waals surface area contributed by atoms with Crippen molar-refractivity contribution in [1.29, 1.82) is 0 Å². The van der Waals surface area contributed by atoms with Crippen LogP contribution in [-0.2, 0) is 20.2 Å². The van der Waals surface area contributed by atoms with Gasteiger partial charge in [-0.15, -0.1) is 0 Å². The van der Waals surface area contributed by atoms with Crippen molar-refractivity contribution in [2.75, 3.05) is 0 Å². The second kappa shape index (κ2) is 5.23. The fourth-order valence-corrected chi connectivity index (χ4v) is 2.65. The van der Waals surface area contributed by atoms with Crippen molar-refractivity contribution in [1.82, 2.24) is 0 Å². The zero-order valence-electron chi connectivity index (χ0n) is 9.36. The molecule has 0 atom stereocenters. The average molecular weight is 328 g/mol. The SMILES string of the molecule is O=S(=O)(O)c1ccccc1S(=O)(=O)O.[H-].[H-].[Sr+2]. The van der Waals surface area contributed by atoms with E-state index in [1.807, 2.05) is 0 Å². The minimum absolute atomic E-state index is 0. The molecule has 0 heterocycles. The normalized spacial score (nSPS) is 11.9. The minimum Gasteiger partial charge on any atom is -1.00 e. The Morgan fingerprint density at radius 2 is 1.13 bits per heavy atom. The maximum Gasteiger partial charge on any atom is 2.00 e. The standard InChI is InChI=1S/C6H6O6S2.Sr.2H/c7-13(8,9)5-3-1-2-4-6(5)14(10,11)12;;;/h1-4H,(H,7,8,9)(H,10,11,12);;;/q;+2;2*-1. The van der Waals surface area contributed by atoms with Gasteiger partial charge in [0, 0.05) is 0 Å². The molecule has 0 amide bonds. The van der Waals surface area contributed by atoms with Crippen LogP contribution in [0, 0.1) is 0 Å². The van der Waals surface area contributed by atoms with Gasteiger partial charge in [0.15, 0.2) is 0 Å². The van der Waals surface area contributed by atoms with E-state index in [2.05, 4.69) is 0 Å². The van der Waals surface area contributed by atoms with Crippen LogP contribution >= 0.6 is 0 Å². The Kier molecular flexibility index (Phi) is 5.42. The Labute approximate surface area is 127 Å². The van der Waals surface area contributed by atoms with Crippen molar-refractivity contribution in [3.8, 4) is 0 Å². The summed E-state index contributed by atoms with van der Waals surface area (Å²) in [4.78, 5) is -1.69. The van der Waals surface area contributed by atoms with Crippen LogP contribution in [0.2, 0.25) is 0 Å². The molecule has 15 heavy (non-hydrogen) atoms. The molecule has 0 saturated carbocycles. The molecule has 0 saturated heterocycles. The first-order chi connectivity index (χ1) is 6.23. The predicted molar refractivity (Wildman–Crippen MR) is 54.0 cm³/mol. The van der Waals surface area contributed by atoms with Crippen molar-refractivity contribution in [2.24, 2.45) is 0 Å². The quantitative estimate of drug-likeness (QED) is 0.585. The van der Waals surface area contributed by atoms with Gasteiger partial charge in [-0.05, 0) is 12.1 Å². The van der Waals surface area contributed by atoms with Crippen molar-refractivity contribution >= 4 is 65.7 Å². The molecular formula is C6H8O6S2Sr. The molecule has 0 aromatic heterocycles. The van der Waals surface area contributed by atoms with E-state index >= 15 is 0 Å². The van der Waals surface area contributed by atoms with Crippen molar-refractivity contribution < 1.29 is 28.8 Å². The van der Waals surface area contributed by atoms with Gasteiger partial charge in [0.1, 0.15) is 9.79 Å². The second-order valence-corrected chi connectivity index (χ2v) is 5.18. The van der Waals surface area contributed by atoms with Gasteiger partial charge in [0.2, 0.25) is 0 Å². The molecule has 1 rings (SSSR count). The van der Waals surface area contributed by atoms with Crippen LogP contribution in [0.4, 0.5) is 0 Å². The summed E-state index contributed by atoms with van der Waals surface area (Å²) in [6, 6.07) is 4.19. The Bertz CT molecular complexity index is 505. The van der Waals surface area contributed by atoms with Crippen molar-refractivity contribution in [2.45, 2.75) is 9.79 Å². The molecule has 82 valence electrons. The van der Waals surface area contributed by atoms with Crippen molar-refractivity contribution in [3.63, 3.8) is 0 Å². The molecule has 1 aromatic carbocycles. The van der Waals surface area contributed by atoms with Crippen LogP contribution in [0.5, 0.6) is 0 Å². The van der Waals surface area contributed by atoms with Gasteiger partial charge >= 0.3 is 45.5 Å². The first-order valence-corrected chi connectivity index (χ1v) is 6.15. The first kappa shape index (κ1) is 15.5. The molecule has 1 aromatic rings. The predicted octanol–water partition coefficient (Wildman–Crippen LogP) is 0.0242. The molecular weight excluding hydrogens is 320 g/mol. The summed E-state index contributed by atoms with van der Waals surface area (Å²) < 4.78 is 60.0. The first-order valence-electron chi connectivity index (χ1n) is 3.27. The molecule has 0 aliphatic rings. The Hall–Kier alpha value is 0.521. The van der Waals surface area contributed by atoms with Crippen LogP contribution < -0.4 is 0 Å². The topological polar surface area (TPSA) is 109 Å². The summed E-state index contributed by atoms with van der Waals surface area (Å²) in [6.45, 7) is 0. The van der Waals surface area contributed by atoms with Crippen LogP contribution in [0.3, 0.4) is 0 Å². The zero-order chi connectivity index (χ0) is 11.0. The molecule has 0 bridgehead atoms. The molecule has 0 unspecified atom stereocenters. The zero-order valence-corrected chi connectivity index (χ0v) is 12.5. The van der Waals surface area contributed by atoms with Gasteiger partial charge in [-0.3, -0.25) is 9.11 Å². The second-order valence-electron chi connectivity index (χ2n) is 2.40. The Morgan fingerprint density at radius 1 is 0.867 bits per heavy atom. The van der Waals surface area contributed by atoms with Crippen LogP contribution in [-0.4, -0.2) is 71.4 Å². The van der Waals surface area contributed by atoms with Gasteiger partial charge in [0.05, 0.1) is 0 Å². The molecule has 0 radical (unpaired) electrons. The van der Waals surface area contributed by atoms with Gasteiger partial charge in [0.25, 0.3) is 20.2 Å². The van der Waals surface area contributed by atoms with E-state index in [1.54, 1.807) is 0 Å². The van der Waals surface area contributed by atoms with Crippen molar-refractivity contribution in [3.05, 3.63) is 24.3 Å². The third-order valence-corrected chi connectivity index (χ3v) is 3.36. The molecule has 9 heteroatoms. The van der Waals surface area contributed by atoms with E-state index in [4.69, 9.17) is 9.11 Å². The maximum atomic E-state index is 10.7. The van der Waals surface area contributed by atoms with E-state index in [0.717, 1.165) is 12.1 Å². The smallest absolute Gasteiger partial charge is 1.00 e. The molecule has 0 spiro atoms. The summed E-state index contributed by atoms with van der Waals surface area (Å²) >= 11 is 0. The summed E-state index contributed by atoms with van der Waals surface area (Å²) in [5.41, 5.74) is 0. The van der Waals surface area contributed by atoms with E-state index in [0.29, 0.717) is 0 Å². The fraction of sp³-hybridized carbons (Fsp3) is 0. The van der Waals surface area contributed by atoms with Gasteiger partial charge in [-0.2, -0.15) is 16.8 Å². The summed E-state index contributed by atoms with van der Waals surface area (Å²) in [5, 5.41) is 0. The fourth-order valence-electron chi connectivity index (χ4n) is 0.876. The van der Waals surface area contributed by atoms with Gasteiger partial charge < -0.3 is 2.85 Å². The molecule has 0 aliphatic carbocycles. The Morgan fingerprint density at radius 3 is 1.33 bits per heavy atom. The largest absolute Gasteiger partial charge is 2.00 e. The third-order valence-electron chi connectivity index (χ3n) is 1.40. The molecule has 0 aliphatic heterocycles. The summed E-state index contributed by atoms with van der Waals surface area (Å²) in [5.74, 6) is 0. The average Bonchev–Trinajstić information content (AvgIpc) is 2.01. The molecule has 2 N–H and O–H groups in total. The number of hydrogen-bond donors (Lipinski definition) is 2. The van der Waals surface area contributed by atoms with Gasteiger partial charge in [-0.1, -0.05) is 12.1 Å². The monoisotopic (exact) mass is 328 g/mol. The van der Waals surface area contributed by atoms with E-state index in [-0.39, 0.29) is 48.3 Å². The maximum absolute atomic E-state index is 10.7. The van der Waals surface area contributed by atoms with E-state index in [1.165, 1.54) is 12.1 Å². The van der Waals surface area contributed by atoms with Crippen LogP contribution in [0.1, 0.15) is 2.85 Å². The number of benzene rings is 1. The van der Waals surface area contributed by atoms with Crippen LogP contribution in [0.25, 0.3) is 0 Å². The van der Waals surface area contributed by atoms with Gasteiger partial charge in [-0.25, -0.2) is 0 Å². The molecule has 6 nitrogen and oxygen atoms in total. The summed E-state index contributed by atoms with van der Waals surface area (Å²) in [7, 11) is -9.31. The number of hydrogen-bond acceptors (Lipinski definition) is 4. The van der Waals surface area contributed by atoms with E-state index < -0.39 is 30.0 Å².